The summed E-state index contributed by atoms with van der Waals surface area (Å²) in [5.41, 5.74) is 0. The highest BCUT2D eigenvalue weighted by Crippen LogP contribution is 2.03. The summed E-state index contributed by atoms with van der Waals surface area (Å²) < 4.78 is 38.4. The van der Waals surface area contributed by atoms with Gasteiger partial charge in [-0.3, -0.25) is 8.42 Å². The van der Waals surface area contributed by atoms with Crippen LogP contribution in [0.25, 0.3) is 0 Å². The molecule has 0 saturated heterocycles. The molecule has 0 aromatic rings. The van der Waals surface area contributed by atoms with Gasteiger partial charge in [-0.25, -0.2) is 0 Å². The summed E-state index contributed by atoms with van der Waals surface area (Å²) in [6.07, 6.45) is -1.39. The molecule has 5 nitrogen and oxygen atoms in total. The van der Waals surface area contributed by atoms with Gasteiger partial charge in [-0.05, 0) is 29.1 Å². The molecule has 62 valence electrons. The minimum absolute atomic E-state index is 1.09. The van der Waals surface area contributed by atoms with Crippen molar-refractivity contribution in [3.63, 3.8) is 0 Å². The lowest BCUT2D eigenvalue weighted by molar-refractivity contribution is 0.205. The Morgan fingerprint density at radius 2 is 1.60 bits per heavy atom. The van der Waals surface area contributed by atoms with Gasteiger partial charge in [0.05, 0.1) is 6.10 Å². The van der Waals surface area contributed by atoms with Crippen LogP contribution >= 0.6 is 0 Å². The summed E-state index contributed by atoms with van der Waals surface area (Å²) in [7, 11) is 0. The van der Waals surface area contributed by atoms with Crippen LogP contribution < -0.4 is 0 Å². The summed E-state index contributed by atoms with van der Waals surface area (Å²) in [6, 6.07) is 0. The molecule has 0 saturated carbocycles. The molecule has 0 aliphatic heterocycles. The number of hydrogen-bond acceptors (Lipinski definition) is 5. The van der Waals surface area contributed by atoms with Crippen LogP contribution in [0.3, 0.4) is 0 Å². The fraction of sp³-hybridized carbons (Fsp3) is 1.00. The lowest BCUT2D eigenvalue weighted by Gasteiger charge is -2.24. The molecule has 0 radical (unpaired) electrons. The van der Waals surface area contributed by atoms with Crippen LogP contribution in [0.4, 0.5) is 0 Å². The van der Waals surface area contributed by atoms with Gasteiger partial charge < -0.3 is 14.2 Å². The van der Waals surface area contributed by atoms with Gasteiger partial charge in [0, 0.05) is 0 Å². The first-order valence-electron chi connectivity index (χ1n) is 2.31. The molecule has 3 atom stereocenters. The summed E-state index contributed by atoms with van der Waals surface area (Å²) >= 11 is -5.55. The van der Waals surface area contributed by atoms with Crippen LogP contribution in [0, 0.1) is 0 Å². The van der Waals surface area contributed by atoms with Gasteiger partial charge in [-0.15, -0.1) is 0 Å². The summed E-state index contributed by atoms with van der Waals surface area (Å²) in [5.74, 6) is 0. The molecule has 0 spiro atoms. The van der Waals surface area contributed by atoms with Crippen LogP contribution in [-0.2, 0) is 22.2 Å². The van der Waals surface area contributed by atoms with E-state index in [9.17, 15) is 17.5 Å². The number of hydrogen-bond donors (Lipinski definition) is 1. The molecule has 0 aromatic heterocycles. The zero-order chi connectivity index (χ0) is 8.31. The number of rotatable bonds is 3. The van der Waals surface area contributed by atoms with E-state index in [-0.39, 0.29) is 0 Å². The predicted octanol–water partition coefficient (Wildman–Crippen LogP) is -1.55. The van der Waals surface area contributed by atoms with E-state index in [2.05, 4.69) is 0 Å². The number of aliphatic hydroxyl groups excluding tert-OH is 1. The Morgan fingerprint density at radius 3 is 1.60 bits per heavy atom. The van der Waals surface area contributed by atoms with E-state index >= 15 is 0 Å². The van der Waals surface area contributed by atoms with Crippen molar-refractivity contribution in [3.05, 3.63) is 0 Å². The minimum atomic E-state index is -2.78. The van der Waals surface area contributed by atoms with E-state index in [1.54, 1.807) is 0 Å². The molecule has 0 aliphatic rings. The predicted molar refractivity (Wildman–Crippen MR) is 33.3 cm³/mol. The molecule has 0 aliphatic carbocycles. The zero-order valence-electron chi connectivity index (χ0n) is 5.05. The molecule has 3 unspecified atom stereocenters. The highest BCUT2D eigenvalue weighted by molar-refractivity contribution is 7.97. The Balaban J connectivity index is 4.27. The lowest BCUT2D eigenvalue weighted by atomic mass is 10.5. The van der Waals surface area contributed by atoms with Gasteiger partial charge in [0.15, 0.2) is 0 Å². The van der Waals surface area contributed by atoms with Gasteiger partial charge in [0.2, 0.25) is 0 Å². The summed E-state index contributed by atoms with van der Waals surface area (Å²) in [5, 5.41) is 8.57. The minimum Gasteiger partial charge on any atom is -0.771 e. The van der Waals surface area contributed by atoms with Crippen molar-refractivity contribution < 1.29 is 22.6 Å². The molecule has 7 heteroatoms. The Labute approximate surface area is 63.0 Å². The number of aliphatic hydroxyl groups is 1. The third kappa shape index (κ3) is 2.84. The lowest BCUT2D eigenvalue weighted by Crippen LogP contribution is -2.31. The summed E-state index contributed by atoms with van der Waals surface area (Å²) in [6.45, 7) is 1.09. The molecule has 0 bridgehead atoms. The third-order valence-electron chi connectivity index (χ3n) is 0.773. The Kier molecular flexibility index (Phi) is 4.22. The monoisotopic (exact) mass is 186 g/mol. The standard InChI is InChI=1S/C3H8O5S2/c1-2(4)3(9(5)6)10(7)8/h2-4H,1H3,(H,5,6)(H,7,8)/p-2. The average molecular weight is 186 g/mol. The van der Waals surface area contributed by atoms with Crippen molar-refractivity contribution in [1.82, 2.24) is 0 Å². The molecule has 1 N–H and O–H groups in total. The molecule has 0 amide bonds. The quantitative estimate of drug-likeness (QED) is 0.538. The zero-order valence-corrected chi connectivity index (χ0v) is 6.68. The van der Waals surface area contributed by atoms with E-state index in [4.69, 9.17) is 5.11 Å². The normalized spacial score (nSPS) is 23.2. The maximum Gasteiger partial charge on any atom is 0.109 e. The molecule has 0 heterocycles. The van der Waals surface area contributed by atoms with Crippen molar-refractivity contribution in [2.24, 2.45) is 0 Å². The fourth-order valence-electron chi connectivity index (χ4n) is 0.386. The molecule has 0 aromatic carbocycles. The van der Waals surface area contributed by atoms with Crippen LogP contribution in [0.5, 0.6) is 0 Å². The van der Waals surface area contributed by atoms with E-state index < -0.39 is 32.8 Å². The highest BCUT2D eigenvalue weighted by atomic mass is 32.3. The van der Waals surface area contributed by atoms with Crippen LogP contribution in [0.15, 0.2) is 0 Å². The van der Waals surface area contributed by atoms with Crippen LogP contribution in [-0.4, -0.2) is 33.3 Å². The van der Waals surface area contributed by atoms with Gasteiger partial charge in [-0.2, -0.15) is 0 Å². The molecular weight excluding hydrogens is 180 g/mol. The maximum atomic E-state index is 10.0. The van der Waals surface area contributed by atoms with E-state index in [0.717, 1.165) is 6.92 Å². The molecule has 0 rings (SSSR count). The summed E-state index contributed by atoms with van der Waals surface area (Å²) in [4.78, 5) is 0. The van der Waals surface area contributed by atoms with Gasteiger partial charge in [-0.1, -0.05) is 0 Å². The first-order valence-corrected chi connectivity index (χ1v) is 4.58. The Morgan fingerprint density at radius 1 is 1.30 bits per heavy atom. The molecule has 0 fully saturated rings. The van der Waals surface area contributed by atoms with Crippen molar-refractivity contribution >= 4 is 22.2 Å². The second-order valence-corrected chi connectivity index (χ2v) is 3.99. The second-order valence-electron chi connectivity index (χ2n) is 1.63. The fourth-order valence-corrected chi connectivity index (χ4v) is 1.54. The SMILES string of the molecule is CC(O)C(S(=O)[O-])S(=O)[O-]. The van der Waals surface area contributed by atoms with Gasteiger partial charge in [0.1, 0.15) is 4.58 Å². The van der Waals surface area contributed by atoms with Crippen molar-refractivity contribution in [2.75, 3.05) is 0 Å². The van der Waals surface area contributed by atoms with Gasteiger partial charge >= 0.3 is 0 Å². The first-order chi connectivity index (χ1) is 4.46. The van der Waals surface area contributed by atoms with Gasteiger partial charge in [0.25, 0.3) is 0 Å². The first kappa shape index (κ1) is 10.2. The van der Waals surface area contributed by atoms with Crippen LogP contribution in [0.1, 0.15) is 6.92 Å². The van der Waals surface area contributed by atoms with Crippen molar-refractivity contribution in [2.45, 2.75) is 17.6 Å². The van der Waals surface area contributed by atoms with Crippen molar-refractivity contribution in [1.29, 1.82) is 0 Å². The highest BCUT2D eigenvalue weighted by Gasteiger charge is 2.15. The topological polar surface area (TPSA) is 100 Å². The third-order valence-corrected chi connectivity index (χ3v) is 3.26. The van der Waals surface area contributed by atoms with Crippen LogP contribution in [0.2, 0.25) is 0 Å². The largest absolute Gasteiger partial charge is 0.771 e. The molecule has 10 heavy (non-hydrogen) atoms. The Hall–Kier alpha value is 0.180. The second kappa shape index (κ2) is 4.14. The maximum absolute atomic E-state index is 10.0. The smallest absolute Gasteiger partial charge is 0.109 e. The van der Waals surface area contributed by atoms with E-state index in [1.165, 1.54) is 0 Å². The van der Waals surface area contributed by atoms with E-state index in [0.29, 0.717) is 0 Å². The molecular formula is C3H6O5S2-2. The Bertz CT molecular complexity index is 141. The van der Waals surface area contributed by atoms with Crippen molar-refractivity contribution in [3.8, 4) is 0 Å². The average Bonchev–Trinajstić information content (AvgIpc) is 1.59. The van der Waals surface area contributed by atoms with E-state index in [1.807, 2.05) is 0 Å².